The smallest absolute Gasteiger partial charge is 0.277 e. The van der Waals surface area contributed by atoms with E-state index in [9.17, 15) is 18.0 Å². The number of rotatable bonds is 3. The van der Waals surface area contributed by atoms with Crippen molar-refractivity contribution in [1.29, 1.82) is 0 Å². The van der Waals surface area contributed by atoms with Crippen LogP contribution in [0.5, 0.6) is 0 Å². The Bertz CT molecular complexity index is 1090. The zero-order valence-corrected chi connectivity index (χ0v) is 16.8. The molecule has 1 unspecified atom stereocenters. The summed E-state index contributed by atoms with van der Waals surface area (Å²) in [5, 5.41) is 2.77. The third kappa shape index (κ3) is 3.86. The first-order valence-electron chi connectivity index (χ1n) is 9.47. The average molecular weight is 411 g/mol. The summed E-state index contributed by atoms with van der Waals surface area (Å²) in [5.74, 6) is -0.683. The van der Waals surface area contributed by atoms with Crippen LogP contribution >= 0.6 is 0 Å². The summed E-state index contributed by atoms with van der Waals surface area (Å²) in [6, 6.07) is 5.85. The predicted octanol–water partition coefficient (Wildman–Crippen LogP) is 2.20. The van der Waals surface area contributed by atoms with Crippen molar-refractivity contribution >= 4 is 27.5 Å². The normalized spacial score (nSPS) is 23.4. The van der Waals surface area contributed by atoms with E-state index >= 15 is 0 Å². The van der Waals surface area contributed by atoms with E-state index in [4.69, 9.17) is 0 Å². The van der Waals surface area contributed by atoms with Crippen LogP contribution in [0, 0.1) is 5.92 Å². The molecule has 8 heteroatoms. The number of carbonyl (C=O) groups excluding carboxylic acids is 2. The predicted molar refractivity (Wildman–Crippen MR) is 109 cm³/mol. The highest BCUT2D eigenvalue weighted by Crippen LogP contribution is 2.26. The molecule has 1 atom stereocenters. The number of sulfonamides is 1. The lowest BCUT2D eigenvalue weighted by atomic mass is 9.89. The molecule has 2 amide bonds. The molecule has 0 aromatic heterocycles. The van der Waals surface area contributed by atoms with E-state index in [0.717, 1.165) is 18.4 Å². The van der Waals surface area contributed by atoms with Gasteiger partial charge in [-0.15, -0.1) is 0 Å². The molecule has 0 spiro atoms. The van der Waals surface area contributed by atoms with E-state index in [1.54, 1.807) is 18.2 Å². The third-order valence-electron chi connectivity index (χ3n) is 5.25. The number of benzene rings is 1. The monoisotopic (exact) mass is 411 g/mol. The second kappa shape index (κ2) is 7.53. The Balaban J connectivity index is 1.53. The van der Waals surface area contributed by atoms with Gasteiger partial charge in [0.2, 0.25) is 15.9 Å². The first-order valence-corrected chi connectivity index (χ1v) is 10.9. The van der Waals surface area contributed by atoms with E-state index in [1.165, 1.54) is 28.6 Å². The summed E-state index contributed by atoms with van der Waals surface area (Å²) in [6.07, 6.45) is 8.60. The van der Waals surface area contributed by atoms with Gasteiger partial charge >= 0.3 is 0 Å². The van der Waals surface area contributed by atoms with Gasteiger partial charge in [0.25, 0.3) is 5.91 Å². The Kier molecular flexibility index (Phi) is 5.06. The van der Waals surface area contributed by atoms with Crippen molar-refractivity contribution in [3.8, 4) is 0 Å². The van der Waals surface area contributed by atoms with E-state index < -0.39 is 15.9 Å². The number of allylic oxidation sites excluding steroid dienone is 3. The Morgan fingerprint density at radius 2 is 1.83 bits per heavy atom. The molecule has 2 aliphatic heterocycles. The van der Waals surface area contributed by atoms with Gasteiger partial charge in [-0.3, -0.25) is 9.59 Å². The number of nitrogens with one attached hydrogen (secondary N) is 1. The third-order valence-corrected chi connectivity index (χ3v) is 7.16. The largest absolute Gasteiger partial charge is 0.325 e. The molecule has 4 rings (SSSR count). The van der Waals surface area contributed by atoms with Gasteiger partial charge in [-0.05, 0) is 56.2 Å². The first-order chi connectivity index (χ1) is 13.8. The van der Waals surface area contributed by atoms with Crippen LogP contribution in [-0.4, -0.2) is 43.3 Å². The molecular weight excluding hydrogens is 390 g/mol. The Labute approximate surface area is 169 Å². The molecule has 1 aromatic carbocycles. The number of hydrogen-bond donors (Lipinski definition) is 1. The number of nitrogens with zero attached hydrogens (tertiary/aromatic N) is 2. The summed E-state index contributed by atoms with van der Waals surface area (Å²) in [6.45, 7) is 2.94. The highest BCUT2D eigenvalue weighted by atomic mass is 32.2. The number of aliphatic imine (C=N–C) groups is 1. The maximum absolute atomic E-state index is 12.6. The van der Waals surface area contributed by atoms with Crippen molar-refractivity contribution in [3.63, 3.8) is 0 Å². The average Bonchev–Trinajstić information content (AvgIpc) is 3.23. The molecule has 150 valence electrons. The quantitative estimate of drug-likeness (QED) is 0.825. The van der Waals surface area contributed by atoms with Gasteiger partial charge in [0.05, 0.1) is 10.6 Å². The van der Waals surface area contributed by atoms with Crippen molar-refractivity contribution in [1.82, 2.24) is 9.62 Å². The molecular formula is C21H21N3O4S. The molecule has 7 nitrogen and oxygen atoms in total. The van der Waals surface area contributed by atoms with Crippen molar-refractivity contribution in [2.24, 2.45) is 10.9 Å². The van der Waals surface area contributed by atoms with Gasteiger partial charge in [-0.25, -0.2) is 13.4 Å². The summed E-state index contributed by atoms with van der Waals surface area (Å²) in [7, 11) is -3.51. The van der Waals surface area contributed by atoms with Crippen LogP contribution in [0.15, 0.2) is 69.7 Å². The topological polar surface area (TPSA) is 95.9 Å². The van der Waals surface area contributed by atoms with Crippen molar-refractivity contribution in [3.05, 3.63) is 65.4 Å². The summed E-state index contributed by atoms with van der Waals surface area (Å²) < 4.78 is 26.6. The van der Waals surface area contributed by atoms with Crippen molar-refractivity contribution in [2.45, 2.75) is 24.7 Å². The fraction of sp³-hybridized carbons (Fsp3) is 0.286. The van der Waals surface area contributed by atoms with Crippen LogP contribution in [0.3, 0.4) is 0 Å². The highest BCUT2D eigenvalue weighted by molar-refractivity contribution is 7.89. The van der Waals surface area contributed by atoms with Gasteiger partial charge in [0, 0.05) is 36.3 Å². The van der Waals surface area contributed by atoms with Gasteiger partial charge in [-0.2, -0.15) is 4.31 Å². The Morgan fingerprint density at radius 1 is 1.14 bits per heavy atom. The summed E-state index contributed by atoms with van der Waals surface area (Å²) >= 11 is 0. The minimum absolute atomic E-state index is 0.0168. The fourth-order valence-electron chi connectivity index (χ4n) is 3.68. The van der Waals surface area contributed by atoms with Gasteiger partial charge in [-0.1, -0.05) is 11.6 Å². The lowest BCUT2D eigenvalue weighted by molar-refractivity contribution is -0.116. The first kappa shape index (κ1) is 19.5. The highest BCUT2D eigenvalue weighted by Gasteiger charge is 2.27. The zero-order valence-electron chi connectivity index (χ0n) is 16.0. The van der Waals surface area contributed by atoms with Gasteiger partial charge in [0.1, 0.15) is 0 Å². The Morgan fingerprint density at radius 3 is 2.52 bits per heavy atom. The molecule has 1 N–H and O–H groups in total. The SMILES string of the molecule is CC1=CC(=O)NC2=CC(=NC(=O)c3ccc(S(=O)(=O)N4CCCC4)cc3)C=CC12. The molecule has 29 heavy (non-hydrogen) atoms. The number of fused-ring (bicyclic) bond motifs is 1. The lowest BCUT2D eigenvalue weighted by Crippen LogP contribution is -2.32. The number of carbonyl (C=O) groups is 2. The second-order valence-electron chi connectivity index (χ2n) is 7.29. The molecule has 1 aromatic rings. The lowest BCUT2D eigenvalue weighted by Gasteiger charge is -2.25. The second-order valence-corrected chi connectivity index (χ2v) is 9.23. The van der Waals surface area contributed by atoms with Crippen LogP contribution in [0.1, 0.15) is 30.1 Å². The van der Waals surface area contributed by atoms with Gasteiger partial charge in [0.15, 0.2) is 0 Å². The van der Waals surface area contributed by atoms with Crippen LogP contribution in [0.2, 0.25) is 0 Å². The van der Waals surface area contributed by atoms with E-state index in [0.29, 0.717) is 30.1 Å². The molecule has 1 aliphatic carbocycles. The van der Waals surface area contributed by atoms with Crippen LogP contribution in [0.4, 0.5) is 0 Å². The maximum Gasteiger partial charge on any atom is 0.277 e. The maximum atomic E-state index is 12.6. The van der Waals surface area contributed by atoms with Crippen molar-refractivity contribution < 1.29 is 18.0 Å². The summed E-state index contributed by atoms with van der Waals surface area (Å²) in [4.78, 5) is 28.5. The van der Waals surface area contributed by atoms with Crippen molar-refractivity contribution in [2.75, 3.05) is 13.1 Å². The standard InChI is InChI=1S/C21H21N3O4S/c1-14-12-20(25)23-19-13-16(6-9-18(14)19)22-21(26)15-4-7-17(8-5-15)29(27,28)24-10-2-3-11-24/h4-9,12-13,18H,2-3,10-11H2,1H3,(H,23,25). The number of amides is 2. The molecule has 2 heterocycles. The Hall–Kier alpha value is -2.84. The van der Waals surface area contributed by atoms with Gasteiger partial charge < -0.3 is 5.32 Å². The molecule has 0 radical (unpaired) electrons. The molecule has 0 bridgehead atoms. The van der Waals surface area contributed by atoms with Crippen LogP contribution in [-0.2, 0) is 14.8 Å². The van der Waals surface area contributed by atoms with E-state index in [2.05, 4.69) is 10.3 Å². The van der Waals surface area contributed by atoms with Crippen LogP contribution in [0.25, 0.3) is 0 Å². The van der Waals surface area contributed by atoms with E-state index in [-0.39, 0.29) is 16.7 Å². The molecule has 1 saturated heterocycles. The minimum atomic E-state index is -3.51. The number of hydrogen-bond acceptors (Lipinski definition) is 4. The van der Waals surface area contributed by atoms with E-state index in [1.807, 2.05) is 13.0 Å². The minimum Gasteiger partial charge on any atom is -0.325 e. The zero-order chi connectivity index (χ0) is 20.6. The fourth-order valence-corrected chi connectivity index (χ4v) is 5.20. The summed E-state index contributed by atoms with van der Waals surface area (Å²) in [5.41, 5.74) is 2.35. The molecule has 3 aliphatic rings. The van der Waals surface area contributed by atoms with Crippen LogP contribution < -0.4 is 5.32 Å². The molecule has 1 fully saturated rings. The molecule has 0 saturated carbocycles.